The smallest absolute Gasteiger partial charge is 0.304 e. The van der Waals surface area contributed by atoms with Gasteiger partial charge in [0.25, 0.3) is 0 Å². The quantitative estimate of drug-likeness (QED) is 0.108. The second-order valence-electron chi connectivity index (χ2n) is 18.0. The fourth-order valence-electron chi connectivity index (χ4n) is 9.69. The molecular weight excluding hydrogens is 1070 g/mol. The van der Waals surface area contributed by atoms with Crippen molar-refractivity contribution in [1.82, 2.24) is 15.0 Å². The van der Waals surface area contributed by atoms with E-state index in [0.29, 0.717) is 0 Å². The molecule has 0 saturated heterocycles. The van der Waals surface area contributed by atoms with Crippen molar-refractivity contribution in [3.8, 4) is 78.3 Å². The second kappa shape index (κ2) is 21.2. The summed E-state index contributed by atoms with van der Waals surface area (Å²) in [4.78, 5) is 14.8. The maximum atomic E-state index is 5.15. The summed E-state index contributed by atoms with van der Waals surface area (Å²) in [7, 11) is 0. The molecule has 0 fully saturated rings. The Morgan fingerprint density at radius 3 is 1.38 bits per heavy atom. The van der Waals surface area contributed by atoms with Crippen LogP contribution in [-0.2, 0) is 45.8 Å². The van der Waals surface area contributed by atoms with Crippen LogP contribution in [0.5, 0.6) is 0 Å². The summed E-state index contributed by atoms with van der Waals surface area (Å²) in [5, 5.41) is 2.55. The van der Waals surface area contributed by atoms with E-state index < -0.39 is 0 Å². The van der Waals surface area contributed by atoms with Crippen molar-refractivity contribution in [3.05, 3.63) is 271 Å². The van der Waals surface area contributed by atoms with Crippen LogP contribution in [0.15, 0.2) is 231 Å². The average molecular weight is 1120 g/mol. The van der Waals surface area contributed by atoms with Gasteiger partial charge in [0, 0.05) is 44.3 Å². The van der Waals surface area contributed by atoms with Crippen molar-refractivity contribution in [3.63, 3.8) is 0 Å². The number of fused-ring (bicyclic) bond motifs is 3. The van der Waals surface area contributed by atoms with Crippen LogP contribution in [0.1, 0.15) is 22.3 Å². The summed E-state index contributed by atoms with van der Waals surface area (Å²) < 4.78 is 2.54. The van der Waals surface area contributed by atoms with Crippen LogP contribution < -0.4 is 0 Å². The van der Waals surface area contributed by atoms with E-state index in [1.165, 1.54) is 64.7 Å². The first-order valence-electron chi connectivity index (χ1n) is 24.2. The van der Waals surface area contributed by atoms with Crippen LogP contribution in [0, 0.1) is 18.2 Å². The number of thiophene rings is 1. The Kier molecular flexibility index (Phi) is 13.7. The summed E-state index contributed by atoms with van der Waals surface area (Å²) in [6.07, 6.45) is 9.61. The van der Waals surface area contributed by atoms with Gasteiger partial charge in [0.1, 0.15) is 0 Å². The third-order valence-electron chi connectivity index (χ3n) is 13.4. The minimum absolute atomic E-state index is 0. The number of nitrogens with zero attached hydrogens (tertiary/aromatic N) is 3. The van der Waals surface area contributed by atoms with E-state index in [9.17, 15) is 0 Å². The Labute approximate surface area is 439 Å². The maximum absolute atomic E-state index is 5.15. The minimum atomic E-state index is 0. The van der Waals surface area contributed by atoms with E-state index >= 15 is 0 Å². The second-order valence-corrected chi connectivity index (χ2v) is 19.1. The van der Waals surface area contributed by atoms with Gasteiger partial charge in [-0.2, -0.15) is 0 Å². The van der Waals surface area contributed by atoms with E-state index in [-0.39, 0.29) is 20.1 Å². The third-order valence-corrected chi connectivity index (χ3v) is 14.5. The molecule has 12 rings (SSSR count). The molecule has 0 unspecified atom stereocenters. The summed E-state index contributed by atoms with van der Waals surface area (Å²) in [5.74, 6) is 0. The molecule has 344 valence electrons. The van der Waals surface area contributed by atoms with Gasteiger partial charge in [0.15, 0.2) is 0 Å². The van der Waals surface area contributed by atoms with Crippen LogP contribution in [0.2, 0.25) is 0 Å². The third kappa shape index (κ3) is 10.0. The predicted molar refractivity (Wildman–Crippen MR) is 295 cm³/mol. The van der Waals surface area contributed by atoms with Gasteiger partial charge in [-0.3, -0.25) is 0 Å². The Hall–Kier alpha value is -7.92. The van der Waals surface area contributed by atoms with Crippen molar-refractivity contribution in [2.45, 2.75) is 25.7 Å². The molecule has 72 heavy (non-hydrogen) atoms. The van der Waals surface area contributed by atoms with E-state index in [0.717, 1.165) is 81.7 Å². The first kappa shape index (κ1) is 46.5. The monoisotopic (exact) mass is 1120 g/mol. The Balaban J connectivity index is 0.00000560. The van der Waals surface area contributed by atoms with E-state index in [4.69, 9.17) is 15.0 Å². The normalized spacial score (nSPS) is 11.2. The largest absolute Gasteiger partial charge is 3.00 e. The zero-order valence-corrected chi connectivity index (χ0v) is 42.6. The number of hydrogen-bond donors (Lipinski definition) is 0. The van der Waals surface area contributed by atoms with Gasteiger partial charge in [-0.1, -0.05) is 127 Å². The van der Waals surface area contributed by atoms with Gasteiger partial charge in [0.05, 0.1) is 0 Å². The molecule has 0 aliphatic heterocycles. The Bertz CT molecular complexity index is 3680. The molecule has 4 aromatic heterocycles. The number of aromatic nitrogens is 3. The summed E-state index contributed by atoms with van der Waals surface area (Å²) >= 11 is 1.86. The number of benzene rings is 8. The summed E-state index contributed by atoms with van der Waals surface area (Å²) in [6.45, 7) is 0. The van der Waals surface area contributed by atoms with E-state index in [1.54, 1.807) is 0 Å². The van der Waals surface area contributed by atoms with Gasteiger partial charge in [-0.25, -0.2) is 0 Å². The molecule has 0 atom stereocenters. The Morgan fingerprint density at radius 2 is 0.819 bits per heavy atom. The first-order valence-corrected chi connectivity index (χ1v) is 25.0. The minimum Gasteiger partial charge on any atom is -0.304 e. The number of hydrogen-bond acceptors (Lipinski definition) is 4. The van der Waals surface area contributed by atoms with Crippen molar-refractivity contribution in [2.75, 3.05) is 0 Å². The van der Waals surface area contributed by atoms with Gasteiger partial charge in [0.2, 0.25) is 0 Å². The number of rotatable bonds is 13. The number of aryl methyl sites for hydroxylation is 4. The molecular formula is C67H46IrN3S. The molecule has 0 amide bonds. The Morgan fingerprint density at radius 1 is 0.319 bits per heavy atom. The van der Waals surface area contributed by atoms with Gasteiger partial charge in [-0.05, 0) is 116 Å². The molecule has 0 N–H and O–H groups in total. The molecule has 0 aliphatic carbocycles. The zero-order chi connectivity index (χ0) is 47.3. The van der Waals surface area contributed by atoms with Crippen molar-refractivity contribution in [1.29, 1.82) is 0 Å². The molecule has 8 aromatic carbocycles. The van der Waals surface area contributed by atoms with Crippen LogP contribution in [0.4, 0.5) is 0 Å². The van der Waals surface area contributed by atoms with Crippen molar-refractivity contribution < 1.29 is 20.1 Å². The van der Waals surface area contributed by atoms with Crippen LogP contribution >= 0.6 is 11.3 Å². The van der Waals surface area contributed by atoms with Crippen LogP contribution in [0.3, 0.4) is 0 Å². The predicted octanol–water partition coefficient (Wildman–Crippen LogP) is 16.9. The molecule has 5 heteroatoms. The SMILES string of the molecule is [Ir+3].[c-]1ccccc1-c1ccc(CCc2cc(CCc3ccc(-c4[c-]cccc4)nc3)cc(-c3ccccc3-c3cnc(-c4[c-]cccc4)cc3-c3ccc4c(c3)sc3cc(-c5ccccc5)ccc34)c2)cn1. The summed E-state index contributed by atoms with van der Waals surface area (Å²) in [6, 6.07) is 85.6. The molecule has 0 aliphatic rings. The fraction of sp³-hybridized carbons (Fsp3) is 0.0597. The average Bonchev–Trinajstić information content (AvgIpc) is 3.82. The topological polar surface area (TPSA) is 38.7 Å². The number of pyridine rings is 3. The van der Waals surface area contributed by atoms with Crippen molar-refractivity contribution in [2.24, 2.45) is 0 Å². The molecule has 0 saturated carbocycles. The maximum Gasteiger partial charge on any atom is 3.00 e. The molecule has 0 bridgehead atoms. The van der Waals surface area contributed by atoms with Crippen LogP contribution in [0.25, 0.3) is 98.5 Å². The molecule has 3 nitrogen and oxygen atoms in total. The van der Waals surface area contributed by atoms with E-state index in [2.05, 4.69) is 188 Å². The van der Waals surface area contributed by atoms with Gasteiger partial charge >= 0.3 is 20.1 Å². The van der Waals surface area contributed by atoms with Crippen LogP contribution in [-0.4, -0.2) is 15.0 Å². The molecule has 4 heterocycles. The van der Waals surface area contributed by atoms with Crippen molar-refractivity contribution >= 4 is 31.5 Å². The zero-order valence-electron chi connectivity index (χ0n) is 39.4. The van der Waals surface area contributed by atoms with Gasteiger partial charge < -0.3 is 15.0 Å². The first-order chi connectivity index (χ1) is 35.1. The standard InChI is InChI=1S/C67H46N3S.Ir/c1-5-15-50(16-6-1)54-31-33-59-60-34-32-55(41-67(60)71-66(59)40-54)61-42-65(53-21-11-4-12-22-53)70-45-62(61)58-24-14-13-23-57(58)56-38-48(27-25-46-29-35-63(68-43-46)51-17-7-2-8-18-51)37-49(39-56)28-26-47-30-36-64(69-44-47)52-19-9-3-10-20-52;/h1-17,19,21,23-24,29-45H,25-28H2;/q-3;+3. The molecule has 0 spiro atoms. The molecule has 0 radical (unpaired) electrons. The summed E-state index contributed by atoms with van der Waals surface area (Å²) in [5.41, 5.74) is 20.1. The molecule has 12 aromatic rings. The van der Waals surface area contributed by atoms with Gasteiger partial charge in [-0.15, -0.1) is 119 Å². The van der Waals surface area contributed by atoms with E-state index in [1.807, 2.05) is 72.3 Å². The fourth-order valence-corrected chi connectivity index (χ4v) is 10.9.